The minimum atomic E-state index is -0.649. The zero-order chi connectivity index (χ0) is 14.3. The molecular weight excluding hydrogens is 242 g/mol. The van der Waals surface area contributed by atoms with Crippen molar-refractivity contribution >= 4 is 5.97 Å². The lowest BCUT2D eigenvalue weighted by atomic mass is 9.97. The smallest absolute Gasteiger partial charge is 0.326 e. The van der Waals surface area contributed by atoms with E-state index in [4.69, 9.17) is 9.47 Å². The van der Waals surface area contributed by atoms with E-state index in [1.54, 1.807) is 0 Å². The molecule has 0 spiro atoms. The molecule has 0 bridgehead atoms. The highest BCUT2D eigenvalue weighted by Gasteiger charge is 2.34. The minimum Gasteiger partial charge on any atom is -0.465 e. The summed E-state index contributed by atoms with van der Waals surface area (Å²) in [7, 11) is 0. The predicted molar refractivity (Wildman–Crippen MR) is 76.1 cm³/mol. The Kier molecular flexibility index (Phi) is 6.80. The van der Waals surface area contributed by atoms with Crippen molar-refractivity contribution in [1.82, 2.24) is 5.32 Å². The molecule has 19 heavy (non-hydrogen) atoms. The van der Waals surface area contributed by atoms with Crippen LogP contribution in [0.4, 0.5) is 0 Å². The number of esters is 1. The van der Waals surface area contributed by atoms with Gasteiger partial charge in [-0.3, -0.25) is 10.1 Å². The normalized spacial score (nSPS) is 18.4. The Hall–Kier alpha value is -0.610. The average molecular weight is 271 g/mol. The summed E-state index contributed by atoms with van der Waals surface area (Å²) < 4.78 is 10.8. The van der Waals surface area contributed by atoms with Gasteiger partial charge in [0, 0.05) is 19.3 Å². The zero-order valence-electron chi connectivity index (χ0n) is 12.8. The summed E-state index contributed by atoms with van der Waals surface area (Å²) in [6.07, 6.45) is 4.53. The Bertz CT molecular complexity index is 277. The molecule has 1 fully saturated rings. The fourth-order valence-electron chi connectivity index (χ4n) is 2.20. The first-order chi connectivity index (χ1) is 8.98. The molecule has 4 heteroatoms. The summed E-state index contributed by atoms with van der Waals surface area (Å²) in [4.78, 5) is 12.0. The van der Waals surface area contributed by atoms with Crippen molar-refractivity contribution in [1.29, 1.82) is 0 Å². The van der Waals surface area contributed by atoms with Crippen LogP contribution < -0.4 is 5.32 Å². The molecule has 1 atom stereocenters. The van der Waals surface area contributed by atoms with Gasteiger partial charge in [-0.1, -0.05) is 12.8 Å². The van der Waals surface area contributed by atoms with E-state index < -0.39 is 5.54 Å². The standard InChI is InChI=1S/C15H29NO3/c1-5-19-14(17)15(4,16-12(2)3)9-11-18-10-8-13-6-7-13/h12-13,16H,5-11H2,1-4H3. The van der Waals surface area contributed by atoms with Crippen molar-refractivity contribution in [3.8, 4) is 0 Å². The van der Waals surface area contributed by atoms with Gasteiger partial charge in [0.25, 0.3) is 0 Å². The molecule has 0 aromatic rings. The first kappa shape index (κ1) is 16.4. The predicted octanol–water partition coefficient (Wildman–Crippen LogP) is 2.51. The lowest BCUT2D eigenvalue weighted by molar-refractivity contribution is -0.151. The van der Waals surface area contributed by atoms with E-state index in [1.807, 2.05) is 27.7 Å². The molecule has 0 amide bonds. The van der Waals surface area contributed by atoms with Gasteiger partial charge in [0.1, 0.15) is 5.54 Å². The van der Waals surface area contributed by atoms with Gasteiger partial charge in [-0.2, -0.15) is 0 Å². The summed E-state index contributed by atoms with van der Waals surface area (Å²) >= 11 is 0. The second-order valence-corrected chi connectivity index (χ2v) is 5.95. The molecule has 0 aromatic heterocycles. The van der Waals surface area contributed by atoms with Crippen LogP contribution in [-0.2, 0) is 14.3 Å². The summed E-state index contributed by atoms with van der Waals surface area (Å²) in [6, 6.07) is 0.237. The van der Waals surface area contributed by atoms with Crippen molar-refractivity contribution in [3.63, 3.8) is 0 Å². The Balaban J connectivity index is 2.31. The van der Waals surface area contributed by atoms with Crippen LogP contribution in [-0.4, -0.2) is 37.4 Å². The molecular formula is C15H29NO3. The number of rotatable bonds is 10. The highest BCUT2D eigenvalue weighted by Crippen LogP contribution is 2.32. The average Bonchev–Trinajstić information content (AvgIpc) is 3.12. The summed E-state index contributed by atoms with van der Waals surface area (Å²) in [5, 5.41) is 3.30. The summed E-state index contributed by atoms with van der Waals surface area (Å²) in [5.74, 6) is 0.708. The topological polar surface area (TPSA) is 47.6 Å². The van der Waals surface area contributed by atoms with Crippen LogP contribution in [0.1, 0.15) is 53.4 Å². The fourth-order valence-corrected chi connectivity index (χ4v) is 2.20. The quantitative estimate of drug-likeness (QED) is 0.490. The van der Waals surface area contributed by atoms with E-state index in [0.717, 1.165) is 18.9 Å². The van der Waals surface area contributed by atoms with Crippen molar-refractivity contribution in [2.24, 2.45) is 5.92 Å². The van der Waals surface area contributed by atoms with Crippen LogP contribution in [0.15, 0.2) is 0 Å². The Morgan fingerprint density at radius 2 is 2.05 bits per heavy atom. The number of hydrogen-bond acceptors (Lipinski definition) is 4. The monoisotopic (exact) mass is 271 g/mol. The Morgan fingerprint density at radius 1 is 1.37 bits per heavy atom. The number of carbonyl (C=O) groups is 1. The molecule has 0 aliphatic heterocycles. The van der Waals surface area contributed by atoms with Crippen LogP contribution in [0.2, 0.25) is 0 Å². The third-order valence-electron chi connectivity index (χ3n) is 3.45. The van der Waals surface area contributed by atoms with Gasteiger partial charge in [0.2, 0.25) is 0 Å². The molecule has 1 N–H and O–H groups in total. The largest absolute Gasteiger partial charge is 0.465 e. The van der Waals surface area contributed by atoms with Gasteiger partial charge < -0.3 is 9.47 Å². The molecule has 0 radical (unpaired) electrons. The van der Waals surface area contributed by atoms with Crippen LogP contribution in [0, 0.1) is 5.92 Å². The zero-order valence-corrected chi connectivity index (χ0v) is 12.8. The third-order valence-corrected chi connectivity index (χ3v) is 3.45. The maximum Gasteiger partial charge on any atom is 0.326 e. The molecule has 1 aliphatic rings. The van der Waals surface area contributed by atoms with E-state index in [1.165, 1.54) is 12.8 Å². The van der Waals surface area contributed by atoms with E-state index in [9.17, 15) is 4.79 Å². The van der Waals surface area contributed by atoms with Gasteiger partial charge in [-0.05, 0) is 46.5 Å². The second kappa shape index (κ2) is 7.85. The minimum absolute atomic E-state index is 0.186. The van der Waals surface area contributed by atoms with Gasteiger partial charge >= 0.3 is 5.97 Å². The second-order valence-electron chi connectivity index (χ2n) is 5.95. The van der Waals surface area contributed by atoms with Crippen molar-refractivity contribution in [3.05, 3.63) is 0 Å². The maximum absolute atomic E-state index is 12.0. The van der Waals surface area contributed by atoms with E-state index >= 15 is 0 Å². The van der Waals surface area contributed by atoms with E-state index in [2.05, 4.69) is 5.32 Å². The lowest BCUT2D eigenvalue weighted by Crippen LogP contribution is -2.53. The Morgan fingerprint density at radius 3 is 2.58 bits per heavy atom. The van der Waals surface area contributed by atoms with Crippen molar-refractivity contribution in [2.45, 2.75) is 65.0 Å². The third kappa shape index (κ3) is 6.39. The molecule has 0 saturated heterocycles. The Labute approximate surface area is 117 Å². The molecule has 0 heterocycles. The molecule has 1 rings (SSSR count). The SMILES string of the molecule is CCOC(=O)C(C)(CCOCCC1CC1)NC(C)C. The van der Waals surface area contributed by atoms with Crippen molar-refractivity contribution in [2.75, 3.05) is 19.8 Å². The van der Waals surface area contributed by atoms with Gasteiger partial charge in [0.05, 0.1) is 6.61 Å². The molecule has 1 saturated carbocycles. The van der Waals surface area contributed by atoms with Crippen LogP contribution in [0.25, 0.3) is 0 Å². The van der Waals surface area contributed by atoms with Crippen molar-refractivity contribution < 1.29 is 14.3 Å². The highest BCUT2D eigenvalue weighted by atomic mass is 16.5. The summed E-state index contributed by atoms with van der Waals surface area (Å²) in [6.45, 7) is 9.62. The summed E-state index contributed by atoms with van der Waals surface area (Å²) in [5.41, 5.74) is -0.649. The number of ether oxygens (including phenoxy) is 2. The molecule has 4 nitrogen and oxygen atoms in total. The van der Waals surface area contributed by atoms with Gasteiger partial charge in [-0.15, -0.1) is 0 Å². The van der Waals surface area contributed by atoms with Gasteiger partial charge in [0.15, 0.2) is 0 Å². The number of carbonyl (C=O) groups excluding carboxylic acids is 1. The fraction of sp³-hybridized carbons (Fsp3) is 0.933. The number of nitrogens with one attached hydrogen (secondary N) is 1. The first-order valence-electron chi connectivity index (χ1n) is 7.50. The molecule has 1 unspecified atom stereocenters. The van der Waals surface area contributed by atoms with Crippen LogP contribution >= 0.6 is 0 Å². The molecule has 1 aliphatic carbocycles. The maximum atomic E-state index is 12.0. The molecule has 0 aromatic carbocycles. The van der Waals surface area contributed by atoms with Gasteiger partial charge in [-0.25, -0.2) is 0 Å². The number of hydrogen-bond donors (Lipinski definition) is 1. The first-order valence-corrected chi connectivity index (χ1v) is 7.50. The van der Waals surface area contributed by atoms with Crippen LogP contribution in [0.5, 0.6) is 0 Å². The lowest BCUT2D eigenvalue weighted by Gasteiger charge is -2.30. The molecule has 112 valence electrons. The van der Waals surface area contributed by atoms with E-state index in [0.29, 0.717) is 19.6 Å². The highest BCUT2D eigenvalue weighted by molar-refractivity contribution is 5.80. The van der Waals surface area contributed by atoms with Crippen LogP contribution in [0.3, 0.4) is 0 Å². The van der Waals surface area contributed by atoms with E-state index in [-0.39, 0.29) is 12.0 Å².